The molecule has 0 bridgehead atoms. The molecule has 2 fully saturated rings. The van der Waals surface area contributed by atoms with Crippen molar-refractivity contribution in [2.24, 2.45) is 11.3 Å². The third kappa shape index (κ3) is 4.24. The summed E-state index contributed by atoms with van der Waals surface area (Å²) in [4.78, 5) is 26.4. The fraction of sp³-hybridized carbons (Fsp3) is 0.583. The Balaban J connectivity index is 1.84. The Morgan fingerprint density at radius 1 is 1.21 bits per heavy atom. The summed E-state index contributed by atoms with van der Waals surface area (Å²) >= 11 is 0. The summed E-state index contributed by atoms with van der Waals surface area (Å²) in [6, 6.07) is 3.73. The van der Waals surface area contributed by atoms with Crippen molar-refractivity contribution in [3.05, 3.63) is 28.8 Å². The Kier molecular flexibility index (Phi) is 6.45. The van der Waals surface area contributed by atoms with Crippen LogP contribution < -0.4 is 10.1 Å². The summed E-state index contributed by atoms with van der Waals surface area (Å²) in [5.41, 5.74) is 2.13. The monoisotopic (exact) mass is 397 g/mol. The van der Waals surface area contributed by atoms with Crippen molar-refractivity contribution in [2.75, 3.05) is 14.2 Å². The van der Waals surface area contributed by atoms with Crippen LogP contribution in [0, 0.1) is 30.1 Å². The summed E-state index contributed by atoms with van der Waals surface area (Å²) in [6.45, 7) is 3.68. The first-order valence-corrected chi connectivity index (χ1v) is 10.4. The number of methoxy groups -OCH3 is 1. The molecule has 0 amide bonds. The van der Waals surface area contributed by atoms with E-state index in [9.17, 15) is 14.7 Å². The predicted octanol–water partition coefficient (Wildman–Crippen LogP) is 3.11. The minimum Gasteiger partial charge on any atom is -0.496 e. The Hall–Kier alpha value is -2.16. The zero-order valence-electron chi connectivity index (χ0n) is 17.8. The second-order valence-electron chi connectivity index (χ2n) is 8.57. The number of ether oxygens (including phenoxy) is 1. The SMILES string of the molecule is CC#Cc1cc(C)c(C2C(=O)CC3(CCC(C(O)NC)CC3)CC2=O)c(OC)c1. The molecule has 0 radical (unpaired) electrons. The predicted molar refractivity (Wildman–Crippen MR) is 112 cm³/mol. The molecule has 2 aliphatic rings. The summed E-state index contributed by atoms with van der Waals surface area (Å²) in [6.07, 6.45) is 3.60. The highest BCUT2D eigenvalue weighted by molar-refractivity contribution is 6.11. The number of aryl methyl sites for hydroxylation is 1. The number of carbonyl (C=O) groups excluding carboxylic acids is 2. The number of hydrogen-bond acceptors (Lipinski definition) is 5. The van der Waals surface area contributed by atoms with Crippen molar-refractivity contribution < 1.29 is 19.4 Å². The van der Waals surface area contributed by atoms with Crippen molar-refractivity contribution in [3.63, 3.8) is 0 Å². The van der Waals surface area contributed by atoms with E-state index < -0.39 is 12.1 Å². The van der Waals surface area contributed by atoms with E-state index in [1.54, 1.807) is 21.1 Å². The maximum atomic E-state index is 13.2. The summed E-state index contributed by atoms with van der Waals surface area (Å²) in [5, 5.41) is 12.9. The molecule has 2 aliphatic carbocycles. The highest BCUT2D eigenvalue weighted by Gasteiger charge is 2.48. The van der Waals surface area contributed by atoms with Gasteiger partial charge in [-0.3, -0.25) is 14.9 Å². The lowest BCUT2D eigenvalue weighted by Crippen LogP contribution is -2.44. The Morgan fingerprint density at radius 2 is 1.83 bits per heavy atom. The van der Waals surface area contributed by atoms with Crippen LogP contribution in [0.25, 0.3) is 0 Å². The van der Waals surface area contributed by atoms with Crippen molar-refractivity contribution in [2.45, 2.75) is 64.5 Å². The van der Waals surface area contributed by atoms with Gasteiger partial charge in [0.1, 0.15) is 29.5 Å². The lowest BCUT2D eigenvalue weighted by Gasteiger charge is -2.44. The fourth-order valence-corrected chi connectivity index (χ4v) is 5.19. The van der Waals surface area contributed by atoms with Gasteiger partial charge in [-0.25, -0.2) is 0 Å². The van der Waals surface area contributed by atoms with Crippen LogP contribution in [0.1, 0.15) is 68.1 Å². The van der Waals surface area contributed by atoms with Gasteiger partial charge in [0.2, 0.25) is 0 Å². The molecule has 29 heavy (non-hydrogen) atoms. The molecule has 1 atom stereocenters. The molecule has 5 nitrogen and oxygen atoms in total. The molecule has 1 aromatic carbocycles. The first kappa shape index (κ1) is 21.5. The van der Waals surface area contributed by atoms with Crippen LogP contribution in [0.15, 0.2) is 12.1 Å². The second kappa shape index (κ2) is 8.69. The second-order valence-corrected chi connectivity index (χ2v) is 8.57. The molecule has 2 saturated carbocycles. The molecule has 5 heteroatoms. The van der Waals surface area contributed by atoms with E-state index in [2.05, 4.69) is 17.2 Å². The van der Waals surface area contributed by atoms with Gasteiger partial charge >= 0.3 is 0 Å². The topological polar surface area (TPSA) is 75.6 Å². The number of Topliss-reactive ketones (excluding diaryl/α,β-unsaturated/α-hetero) is 2. The van der Waals surface area contributed by atoms with Gasteiger partial charge in [0.25, 0.3) is 0 Å². The molecular weight excluding hydrogens is 366 g/mol. The molecule has 156 valence electrons. The van der Waals surface area contributed by atoms with Gasteiger partial charge in [-0.2, -0.15) is 0 Å². The molecule has 3 rings (SSSR count). The summed E-state index contributed by atoms with van der Waals surface area (Å²) < 4.78 is 5.55. The molecule has 0 aliphatic heterocycles. The van der Waals surface area contributed by atoms with Gasteiger partial charge in [-0.05, 0) is 75.6 Å². The summed E-state index contributed by atoms with van der Waals surface area (Å²) in [7, 11) is 3.31. The minimum absolute atomic E-state index is 0.00964. The highest BCUT2D eigenvalue weighted by Crippen LogP contribution is 2.51. The van der Waals surface area contributed by atoms with Crippen LogP contribution in [0.4, 0.5) is 0 Å². The average Bonchev–Trinajstić information content (AvgIpc) is 2.69. The third-order valence-corrected chi connectivity index (χ3v) is 6.70. The van der Waals surface area contributed by atoms with Gasteiger partial charge in [-0.1, -0.05) is 5.92 Å². The Morgan fingerprint density at radius 3 is 2.34 bits per heavy atom. The van der Waals surface area contributed by atoms with Crippen molar-refractivity contribution in [1.82, 2.24) is 5.32 Å². The highest BCUT2D eigenvalue weighted by atomic mass is 16.5. The maximum absolute atomic E-state index is 13.2. The lowest BCUT2D eigenvalue weighted by molar-refractivity contribution is -0.138. The number of carbonyl (C=O) groups is 2. The van der Waals surface area contributed by atoms with Crippen LogP contribution in [-0.4, -0.2) is 37.1 Å². The number of ketones is 2. The first-order valence-electron chi connectivity index (χ1n) is 10.4. The molecule has 1 unspecified atom stereocenters. The van der Waals surface area contributed by atoms with Crippen molar-refractivity contribution >= 4 is 11.6 Å². The molecular formula is C24H31NO4. The number of aliphatic hydroxyl groups excluding tert-OH is 1. The molecule has 0 saturated heterocycles. The smallest absolute Gasteiger partial charge is 0.148 e. The molecule has 1 spiro atoms. The zero-order chi connectivity index (χ0) is 21.2. The quantitative estimate of drug-likeness (QED) is 0.464. The number of rotatable bonds is 4. The van der Waals surface area contributed by atoms with Crippen LogP contribution in [-0.2, 0) is 9.59 Å². The van der Waals surface area contributed by atoms with Gasteiger partial charge in [0, 0.05) is 24.0 Å². The Labute approximate surface area is 173 Å². The number of benzene rings is 1. The number of nitrogens with one attached hydrogen (secondary N) is 1. The number of aliphatic hydroxyl groups is 1. The fourth-order valence-electron chi connectivity index (χ4n) is 5.19. The normalized spacial score (nSPS) is 28.0. The standard InChI is InChI=1S/C24H31NO4/c1-5-6-16-11-15(2)21(20(12-16)29-4)22-18(26)13-24(14-19(22)27)9-7-17(8-10-24)23(28)25-3/h11-12,17,22-23,25,28H,7-10,13-14H2,1-4H3. The van der Waals surface area contributed by atoms with E-state index in [0.717, 1.165) is 36.8 Å². The maximum Gasteiger partial charge on any atom is 0.148 e. The average molecular weight is 398 g/mol. The molecule has 0 aromatic heterocycles. The molecule has 0 heterocycles. The first-order chi connectivity index (χ1) is 13.8. The van der Waals surface area contributed by atoms with E-state index in [0.29, 0.717) is 24.2 Å². The summed E-state index contributed by atoms with van der Waals surface area (Å²) in [5.74, 6) is 5.86. The van der Waals surface area contributed by atoms with Crippen LogP contribution >= 0.6 is 0 Å². The van der Waals surface area contributed by atoms with E-state index in [1.165, 1.54) is 0 Å². The third-order valence-electron chi connectivity index (χ3n) is 6.70. The lowest BCUT2D eigenvalue weighted by atomic mass is 9.59. The zero-order valence-corrected chi connectivity index (χ0v) is 17.8. The van der Waals surface area contributed by atoms with Crippen LogP contribution in [0.2, 0.25) is 0 Å². The van der Waals surface area contributed by atoms with Crippen LogP contribution in [0.5, 0.6) is 5.75 Å². The van der Waals surface area contributed by atoms with E-state index in [1.807, 2.05) is 19.1 Å². The van der Waals surface area contributed by atoms with Crippen LogP contribution in [0.3, 0.4) is 0 Å². The Bertz CT molecular complexity index is 836. The minimum atomic E-state index is -0.750. The molecule has 1 aromatic rings. The van der Waals surface area contributed by atoms with E-state index >= 15 is 0 Å². The van der Waals surface area contributed by atoms with Gasteiger partial charge in [-0.15, -0.1) is 5.92 Å². The van der Waals surface area contributed by atoms with E-state index in [-0.39, 0.29) is 22.9 Å². The largest absolute Gasteiger partial charge is 0.496 e. The number of hydrogen-bond donors (Lipinski definition) is 2. The van der Waals surface area contributed by atoms with E-state index in [4.69, 9.17) is 4.74 Å². The van der Waals surface area contributed by atoms with Gasteiger partial charge in [0.15, 0.2) is 0 Å². The van der Waals surface area contributed by atoms with Crippen molar-refractivity contribution in [1.29, 1.82) is 0 Å². The molecule has 2 N–H and O–H groups in total. The van der Waals surface area contributed by atoms with Crippen molar-refractivity contribution in [3.8, 4) is 17.6 Å². The van der Waals surface area contributed by atoms with Gasteiger partial charge in [0.05, 0.1) is 7.11 Å². The van der Waals surface area contributed by atoms with Gasteiger partial charge < -0.3 is 9.84 Å².